The van der Waals surface area contributed by atoms with Gasteiger partial charge in [0.1, 0.15) is 24.0 Å². The van der Waals surface area contributed by atoms with Gasteiger partial charge in [0.05, 0.1) is 34.5 Å². The van der Waals surface area contributed by atoms with Gasteiger partial charge in [-0.1, -0.05) is 36.4 Å². The first-order valence-electron chi connectivity index (χ1n) is 15.4. The number of H-pyrrole nitrogens is 2. The molecular weight excluding hydrogens is 600 g/mol. The number of benzene rings is 5. The molecule has 230 valence electrons. The zero-order chi connectivity index (χ0) is 31.9. The molecule has 0 aliphatic carbocycles. The SMILES string of the molecule is c1cc(OCc2nc(Nc3ccc4[nH]ncc4c3)c3ccccc3n2)cc(-c2nc(Nc3ccc4[nH]ncc4c3)c3ccccc3n2)c1. The summed E-state index contributed by atoms with van der Waals surface area (Å²) in [5.74, 6) is 3.19. The molecule has 0 radical (unpaired) electrons. The molecule has 0 atom stereocenters. The highest BCUT2D eigenvalue weighted by atomic mass is 16.5. The fourth-order valence-electron chi connectivity index (χ4n) is 5.77. The molecule has 0 fully saturated rings. The van der Waals surface area contributed by atoms with Gasteiger partial charge in [-0.15, -0.1) is 0 Å². The van der Waals surface area contributed by atoms with E-state index in [4.69, 9.17) is 24.7 Å². The van der Waals surface area contributed by atoms with Gasteiger partial charge in [0.25, 0.3) is 0 Å². The minimum Gasteiger partial charge on any atom is -0.486 e. The number of para-hydroxylation sites is 2. The first-order valence-corrected chi connectivity index (χ1v) is 15.4. The molecule has 4 heterocycles. The molecule has 9 aromatic rings. The topological polar surface area (TPSA) is 142 Å². The van der Waals surface area contributed by atoms with Gasteiger partial charge in [-0.25, -0.2) is 19.9 Å². The van der Waals surface area contributed by atoms with Crippen molar-refractivity contribution >= 4 is 66.6 Å². The minimum absolute atomic E-state index is 0.172. The number of hydrogen-bond acceptors (Lipinski definition) is 9. The van der Waals surface area contributed by atoms with Crippen LogP contribution < -0.4 is 15.4 Å². The monoisotopic (exact) mass is 626 g/mol. The van der Waals surface area contributed by atoms with Crippen LogP contribution in [0, 0.1) is 0 Å². The van der Waals surface area contributed by atoms with Crippen molar-refractivity contribution in [2.45, 2.75) is 6.61 Å². The normalized spacial score (nSPS) is 11.4. The Morgan fingerprint density at radius 2 is 1.19 bits per heavy atom. The van der Waals surface area contributed by atoms with E-state index < -0.39 is 0 Å². The highest BCUT2D eigenvalue weighted by molar-refractivity contribution is 5.94. The van der Waals surface area contributed by atoms with Crippen LogP contribution in [-0.4, -0.2) is 40.3 Å². The van der Waals surface area contributed by atoms with E-state index in [2.05, 4.69) is 31.0 Å². The van der Waals surface area contributed by atoms with Crippen LogP contribution in [0.1, 0.15) is 5.82 Å². The summed E-state index contributed by atoms with van der Waals surface area (Å²) in [6.07, 6.45) is 3.60. The Morgan fingerprint density at radius 3 is 1.88 bits per heavy atom. The summed E-state index contributed by atoms with van der Waals surface area (Å²) in [6, 6.07) is 35.7. The standard InChI is InChI=1S/C37H26N10O/c1-3-10-32-28(8-1)36(40-25-12-14-30-23(16-25)19-38-46-30)44-34(42-32)21-48-27-7-5-6-22(18-27)35-43-33-11-4-2-9-29(33)37(45-35)41-26-13-15-31-24(17-26)20-39-47-31/h1-20H,21H2,(H,38,46)(H,39,47)(H,40,42,44)(H,41,43,45). The fourth-order valence-corrected chi connectivity index (χ4v) is 5.77. The number of aromatic amines is 2. The maximum absolute atomic E-state index is 6.26. The second-order valence-corrected chi connectivity index (χ2v) is 11.3. The Bertz CT molecular complexity index is 2610. The Balaban J connectivity index is 1.00. The molecule has 11 heteroatoms. The summed E-state index contributed by atoms with van der Waals surface area (Å²) in [5, 5.41) is 25.1. The summed E-state index contributed by atoms with van der Waals surface area (Å²) < 4.78 is 6.26. The Labute approximate surface area is 273 Å². The molecular formula is C37H26N10O. The van der Waals surface area contributed by atoms with Crippen molar-refractivity contribution < 1.29 is 4.74 Å². The van der Waals surface area contributed by atoms with Gasteiger partial charge >= 0.3 is 0 Å². The van der Waals surface area contributed by atoms with Crippen LogP contribution in [0.4, 0.5) is 23.0 Å². The van der Waals surface area contributed by atoms with E-state index in [1.54, 1.807) is 12.4 Å². The molecule has 0 amide bonds. The molecule has 0 spiro atoms. The summed E-state index contributed by atoms with van der Waals surface area (Å²) in [4.78, 5) is 19.5. The van der Waals surface area contributed by atoms with Crippen LogP contribution >= 0.6 is 0 Å². The number of rotatable bonds is 8. The van der Waals surface area contributed by atoms with E-state index in [1.165, 1.54) is 0 Å². The van der Waals surface area contributed by atoms with Gasteiger partial charge in [0.15, 0.2) is 11.6 Å². The van der Waals surface area contributed by atoms with E-state index in [1.807, 2.05) is 109 Å². The fraction of sp³-hybridized carbons (Fsp3) is 0.0270. The molecule has 0 aliphatic heterocycles. The minimum atomic E-state index is 0.172. The molecule has 9 rings (SSSR count). The number of nitrogens with one attached hydrogen (secondary N) is 4. The lowest BCUT2D eigenvalue weighted by Crippen LogP contribution is -2.05. The predicted octanol–water partition coefficient (Wildman–Crippen LogP) is 8.06. The zero-order valence-electron chi connectivity index (χ0n) is 25.3. The van der Waals surface area contributed by atoms with E-state index in [0.717, 1.165) is 60.5 Å². The first kappa shape index (κ1) is 27.4. The number of nitrogens with zero attached hydrogens (tertiary/aromatic N) is 6. The van der Waals surface area contributed by atoms with E-state index in [9.17, 15) is 0 Å². The Morgan fingerprint density at radius 1 is 0.562 bits per heavy atom. The maximum Gasteiger partial charge on any atom is 0.168 e. The third kappa shape index (κ3) is 5.24. The highest BCUT2D eigenvalue weighted by Gasteiger charge is 2.13. The summed E-state index contributed by atoms with van der Waals surface area (Å²) >= 11 is 0. The van der Waals surface area contributed by atoms with Gasteiger partial charge < -0.3 is 15.4 Å². The van der Waals surface area contributed by atoms with Gasteiger partial charge in [-0.2, -0.15) is 10.2 Å². The van der Waals surface area contributed by atoms with Crippen molar-refractivity contribution in [2.75, 3.05) is 10.6 Å². The average Bonchev–Trinajstić information content (AvgIpc) is 3.80. The number of aromatic nitrogens is 8. The van der Waals surface area contributed by atoms with Gasteiger partial charge in [0.2, 0.25) is 0 Å². The molecule has 0 aliphatic rings. The molecule has 4 N–H and O–H groups in total. The predicted molar refractivity (Wildman–Crippen MR) is 188 cm³/mol. The van der Waals surface area contributed by atoms with Crippen LogP contribution in [0.3, 0.4) is 0 Å². The van der Waals surface area contributed by atoms with Crippen molar-refractivity contribution in [3.63, 3.8) is 0 Å². The average molecular weight is 627 g/mol. The van der Waals surface area contributed by atoms with Crippen molar-refractivity contribution in [3.8, 4) is 17.1 Å². The van der Waals surface area contributed by atoms with Crippen molar-refractivity contribution in [1.29, 1.82) is 0 Å². The molecule has 5 aromatic carbocycles. The van der Waals surface area contributed by atoms with Crippen molar-refractivity contribution in [3.05, 3.63) is 127 Å². The second kappa shape index (κ2) is 11.5. The smallest absolute Gasteiger partial charge is 0.168 e. The van der Waals surface area contributed by atoms with Gasteiger partial charge in [-0.3, -0.25) is 10.2 Å². The third-order valence-electron chi connectivity index (χ3n) is 8.12. The maximum atomic E-state index is 6.26. The van der Waals surface area contributed by atoms with E-state index in [0.29, 0.717) is 29.0 Å². The Kier molecular flexibility index (Phi) is 6.56. The van der Waals surface area contributed by atoms with Crippen LogP contribution in [0.2, 0.25) is 0 Å². The first-order chi connectivity index (χ1) is 23.7. The number of fused-ring (bicyclic) bond motifs is 4. The highest BCUT2D eigenvalue weighted by Crippen LogP contribution is 2.31. The molecule has 0 unspecified atom stereocenters. The van der Waals surface area contributed by atoms with E-state index >= 15 is 0 Å². The number of anilines is 4. The van der Waals surface area contributed by atoms with Crippen molar-refractivity contribution in [2.24, 2.45) is 0 Å². The molecule has 0 bridgehead atoms. The largest absolute Gasteiger partial charge is 0.486 e. The summed E-state index contributed by atoms with van der Waals surface area (Å²) in [6.45, 7) is 0.172. The molecule has 4 aromatic heterocycles. The molecule has 48 heavy (non-hydrogen) atoms. The van der Waals surface area contributed by atoms with Crippen LogP contribution in [0.5, 0.6) is 5.75 Å². The van der Waals surface area contributed by atoms with Crippen LogP contribution in [-0.2, 0) is 6.61 Å². The zero-order valence-corrected chi connectivity index (χ0v) is 25.3. The third-order valence-corrected chi connectivity index (χ3v) is 8.12. The van der Waals surface area contributed by atoms with Gasteiger partial charge in [0, 0.05) is 38.5 Å². The summed E-state index contributed by atoms with van der Waals surface area (Å²) in [5.41, 5.74) is 6.22. The molecule has 11 nitrogen and oxygen atoms in total. The quantitative estimate of drug-likeness (QED) is 0.132. The second-order valence-electron chi connectivity index (χ2n) is 11.3. The molecule has 0 saturated heterocycles. The van der Waals surface area contributed by atoms with E-state index in [-0.39, 0.29) is 6.61 Å². The van der Waals surface area contributed by atoms with Crippen LogP contribution in [0.15, 0.2) is 122 Å². The molecule has 0 saturated carbocycles. The number of ether oxygens (including phenoxy) is 1. The van der Waals surface area contributed by atoms with Crippen molar-refractivity contribution in [1.82, 2.24) is 40.3 Å². The lowest BCUT2D eigenvalue weighted by molar-refractivity contribution is 0.296. The summed E-state index contributed by atoms with van der Waals surface area (Å²) in [7, 11) is 0. The lowest BCUT2D eigenvalue weighted by atomic mass is 10.1. The van der Waals surface area contributed by atoms with Crippen LogP contribution in [0.25, 0.3) is 55.0 Å². The number of hydrogen-bond donors (Lipinski definition) is 4. The van der Waals surface area contributed by atoms with Gasteiger partial charge in [-0.05, 0) is 72.8 Å². The Hall–Kier alpha value is -6.88. The lowest BCUT2D eigenvalue weighted by Gasteiger charge is -2.13.